The molecule has 5 rings (SSSR count). The first-order chi connectivity index (χ1) is 11.9. The molecule has 5 nitrogen and oxygen atoms in total. The van der Waals surface area contributed by atoms with Crippen LogP contribution in [0.25, 0.3) is 22.2 Å². The molecule has 124 valence electrons. The molecule has 5 heteroatoms. The molecular formula is C19H23N5. The van der Waals surface area contributed by atoms with Crippen LogP contribution in [-0.4, -0.2) is 32.8 Å². The Morgan fingerprint density at radius 2 is 2.04 bits per heavy atom. The number of hydrogen-bond donors (Lipinski definition) is 2. The van der Waals surface area contributed by atoms with E-state index in [4.69, 9.17) is 0 Å². The van der Waals surface area contributed by atoms with Crippen molar-refractivity contribution in [2.45, 2.75) is 38.1 Å². The summed E-state index contributed by atoms with van der Waals surface area (Å²) < 4.78 is 2.10. The zero-order valence-corrected chi connectivity index (χ0v) is 13.8. The Bertz CT molecular complexity index is 852. The number of nitrogens with one attached hydrogen (secondary N) is 2. The van der Waals surface area contributed by atoms with Crippen molar-refractivity contribution in [1.29, 1.82) is 0 Å². The smallest absolute Gasteiger partial charge is 0.138 e. The van der Waals surface area contributed by atoms with Gasteiger partial charge in [-0.05, 0) is 62.4 Å². The molecule has 0 amide bonds. The molecule has 0 radical (unpaired) electrons. The summed E-state index contributed by atoms with van der Waals surface area (Å²) in [6.45, 7) is 3.27. The summed E-state index contributed by atoms with van der Waals surface area (Å²) in [6.07, 6.45) is 11.2. The van der Waals surface area contributed by atoms with Gasteiger partial charge in [-0.25, -0.2) is 4.98 Å². The highest BCUT2D eigenvalue weighted by Crippen LogP contribution is 2.34. The van der Waals surface area contributed by atoms with Crippen LogP contribution in [0.15, 0.2) is 30.7 Å². The van der Waals surface area contributed by atoms with Gasteiger partial charge in [-0.3, -0.25) is 4.68 Å². The van der Waals surface area contributed by atoms with Gasteiger partial charge >= 0.3 is 0 Å². The molecule has 0 atom stereocenters. The molecular weight excluding hydrogens is 298 g/mol. The van der Waals surface area contributed by atoms with E-state index in [0.717, 1.165) is 31.2 Å². The number of aromatic amines is 1. The van der Waals surface area contributed by atoms with Gasteiger partial charge in [-0.15, -0.1) is 0 Å². The van der Waals surface area contributed by atoms with Crippen LogP contribution in [0.4, 0.5) is 0 Å². The lowest BCUT2D eigenvalue weighted by atomic mass is 9.94. The van der Waals surface area contributed by atoms with Crippen molar-refractivity contribution >= 4 is 11.0 Å². The van der Waals surface area contributed by atoms with Crippen LogP contribution in [0.3, 0.4) is 0 Å². The van der Waals surface area contributed by atoms with Gasteiger partial charge in [0.25, 0.3) is 0 Å². The molecule has 1 saturated carbocycles. The molecule has 24 heavy (non-hydrogen) atoms. The van der Waals surface area contributed by atoms with Gasteiger partial charge in [0, 0.05) is 41.5 Å². The Kier molecular flexibility index (Phi) is 3.40. The predicted molar refractivity (Wildman–Crippen MR) is 94.9 cm³/mol. The van der Waals surface area contributed by atoms with Gasteiger partial charge in [0.2, 0.25) is 0 Å². The number of nitrogens with zero attached hydrogens (tertiary/aromatic N) is 3. The molecule has 1 saturated heterocycles. The molecule has 0 aromatic carbocycles. The lowest BCUT2D eigenvalue weighted by Crippen LogP contribution is -2.26. The monoisotopic (exact) mass is 321 g/mol. The first kappa shape index (κ1) is 14.2. The minimum Gasteiger partial charge on any atom is -0.343 e. The van der Waals surface area contributed by atoms with Crippen molar-refractivity contribution in [2.75, 3.05) is 13.1 Å². The average molecular weight is 321 g/mol. The van der Waals surface area contributed by atoms with Crippen LogP contribution in [0.2, 0.25) is 0 Å². The van der Waals surface area contributed by atoms with Crippen LogP contribution in [0.1, 0.15) is 37.3 Å². The number of H-pyrrole nitrogens is 1. The van der Waals surface area contributed by atoms with Crippen LogP contribution in [0.5, 0.6) is 0 Å². The Labute approximate surface area is 141 Å². The van der Waals surface area contributed by atoms with Crippen molar-refractivity contribution in [3.05, 3.63) is 36.4 Å². The fraction of sp³-hybridized carbons (Fsp3) is 0.474. The molecule has 2 fully saturated rings. The molecule has 2 N–H and O–H groups in total. The fourth-order valence-electron chi connectivity index (χ4n) is 3.82. The number of piperidine rings is 1. The topological polar surface area (TPSA) is 58.5 Å². The summed E-state index contributed by atoms with van der Waals surface area (Å²) in [4.78, 5) is 8.11. The third-order valence-corrected chi connectivity index (χ3v) is 5.42. The van der Waals surface area contributed by atoms with Gasteiger partial charge in [-0.2, -0.15) is 5.10 Å². The van der Waals surface area contributed by atoms with Crippen LogP contribution >= 0.6 is 0 Å². The van der Waals surface area contributed by atoms with Gasteiger partial charge in [0.1, 0.15) is 5.65 Å². The van der Waals surface area contributed by atoms with Crippen LogP contribution in [-0.2, 0) is 6.54 Å². The van der Waals surface area contributed by atoms with Gasteiger partial charge in [0.05, 0.1) is 6.20 Å². The Balaban J connectivity index is 1.50. The standard InChI is InChI=1S/C19H23N5/c1-2-13(1)11-24-12-15(10-22-24)16-5-8-21-19-17(16)9-18(23-19)14-3-6-20-7-4-14/h5,8-10,12-14,20H,1-4,6-7,11H2,(H,21,23). The number of hydrogen-bond acceptors (Lipinski definition) is 3. The number of fused-ring (bicyclic) bond motifs is 1. The van der Waals surface area contributed by atoms with E-state index in [9.17, 15) is 0 Å². The second-order valence-electron chi connectivity index (χ2n) is 7.26. The minimum absolute atomic E-state index is 0.617. The highest BCUT2D eigenvalue weighted by molar-refractivity contribution is 5.93. The second-order valence-corrected chi connectivity index (χ2v) is 7.26. The maximum absolute atomic E-state index is 4.55. The largest absolute Gasteiger partial charge is 0.343 e. The van der Waals surface area contributed by atoms with E-state index in [-0.39, 0.29) is 0 Å². The quantitative estimate of drug-likeness (QED) is 0.775. The van der Waals surface area contributed by atoms with Gasteiger partial charge in [0.15, 0.2) is 0 Å². The zero-order valence-electron chi connectivity index (χ0n) is 13.8. The first-order valence-corrected chi connectivity index (χ1v) is 9.08. The third kappa shape index (κ3) is 2.63. The van der Waals surface area contributed by atoms with Crippen molar-refractivity contribution in [3.63, 3.8) is 0 Å². The summed E-state index contributed by atoms with van der Waals surface area (Å²) in [7, 11) is 0. The molecule has 0 spiro atoms. The maximum atomic E-state index is 4.55. The molecule has 1 aliphatic carbocycles. The maximum Gasteiger partial charge on any atom is 0.138 e. The summed E-state index contributed by atoms with van der Waals surface area (Å²) >= 11 is 0. The Morgan fingerprint density at radius 1 is 1.17 bits per heavy atom. The van der Waals surface area contributed by atoms with E-state index in [1.54, 1.807) is 0 Å². The first-order valence-electron chi connectivity index (χ1n) is 9.08. The zero-order chi connectivity index (χ0) is 15.9. The van der Waals surface area contributed by atoms with E-state index < -0.39 is 0 Å². The lowest BCUT2D eigenvalue weighted by molar-refractivity contribution is 0.455. The van der Waals surface area contributed by atoms with E-state index >= 15 is 0 Å². The molecule has 3 aromatic heterocycles. The van der Waals surface area contributed by atoms with Gasteiger partial charge < -0.3 is 10.3 Å². The minimum atomic E-state index is 0.617. The Hall–Kier alpha value is -2.14. The predicted octanol–water partition coefficient (Wildman–Crippen LogP) is 3.30. The van der Waals surface area contributed by atoms with Crippen molar-refractivity contribution in [1.82, 2.24) is 25.1 Å². The normalized spacial score (nSPS) is 19.2. The summed E-state index contributed by atoms with van der Waals surface area (Å²) in [6, 6.07) is 4.42. The summed E-state index contributed by atoms with van der Waals surface area (Å²) in [5, 5.41) is 9.21. The molecule has 0 bridgehead atoms. The van der Waals surface area contributed by atoms with Crippen LogP contribution in [0, 0.1) is 5.92 Å². The summed E-state index contributed by atoms with van der Waals surface area (Å²) in [5.74, 6) is 1.46. The van der Waals surface area contributed by atoms with Gasteiger partial charge in [-0.1, -0.05) is 0 Å². The number of rotatable bonds is 4. The molecule has 4 heterocycles. The van der Waals surface area contributed by atoms with E-state index in [1.807, 2.05) is 12.4 Å². The molecule has 0 unspecified atom stereocenters. The van der Waals surface area contributed by atoms with Crippen molar-refractivity contribution in [2.24, 2.45) is 5.92 Å². The lowest BCUT2D eigenvalue weighted by Gasteiger charge is -2.21. The van der Waals surface area contributed by atoms with E-state index in [1.165, 1.54) is 47.9 Å². The van der Waals surface area contributed by atoms with Crippen LogP contribution < -0.4 is 5.32 Å². The van der Waals surface area contributed by atoms with E-state index in [2.05, 4.69) is 43.4 Å². The summed E-state index contributed by atoms with van der Waals surface area (Å²) in [5.41, 5.74) is 4.75. The third-order valence-electron chi connectivity index (χ3n) is 5.42. The number of pyridine rings is 1. The number of aromatic nitrogens is 4. The molecule has 3 aromatic rings. The Morgan fingerprint density at radius 3 is 2.88 bits per heavy atom. The molecule has 1 aliphatic heterocycles. The van der Waals surface area contributed by atoms with Crippen molar-refractivity contribution in [3.8, 4) is 11.1 Å². The second kappa shape index (κ2) is 5.74. The molecule has 2 aliphatic rings. The highest BCUT2D eigenvalue weighted by atomic mass is 15.3. The van der Waals surface area contributed by atoms with Crippen molar-refractivity contribution < 1.29 is 0 Å². The average Bonchev–Trinajstić information content (AvgIpc) is 3.14. The van der Waals surface area contributed by atoms with E-state index in [0.29, 0.717) is 5.92 Å². The fourth-order valence-corrected chi connectivity index (χ4v) is 3.82. The highest BCUT2D eigenvalue weighted by Gasteiger charge is 2.22. The SMILES string of the molecule is c1cc(-c2cnn(CC3CC3)c2)c2cc(C3CCNCC3)[nH]c2n1.